The van der Waals surface area contributed by atoms with Crippen molar-refractivity contribution in [1.82, 2.24) is 5.32 Å². The number of alkyl carbamates (subject to hydrolysis) is 1. The Kier molecular flexibility index (Phi) is 6.48. The fourth-order valence-electron chi connectivity index (χ4n) is 2.29. The van der Waals surface area contributed by atoms with Gasteiger partial charge in [0.05, 0.1) is 6.04 Å². The van der Waals surface area contributed by atoms with Crippen LogP contribution in [0, 0.1) is 0 Å². The number of rotatable bonds is 5. The highest BCUT2D eigenvalue weighted by Crippen LogP contribution is 2.29. The number of carbonyl (C=O) groups excluding carboxylic acids is 1. The van der Waals surface area contributed by atoms with Gasteiger partial charge in [-0.15, -0.1) is 0 Å². The number of nitrogens with one attached hydrogen (secondary N) is 1. The molecule has 0 bridgehead atoms. The van der Waals surface area contributed by atoms with Crippen LogP contribution in [0.2, 0.25) is 0 Å². The molecule has 0 heterocycles. The smallest absolute Gasteiger partial charge is 0.408 e. The lowest BCUT2D eigenvalue weighted by Gasteiger charge is -2.23. The van der Waals surface area contributed by atoms with E-state index < -0.39 is 11.7 Å². The zero-order valence-corrected chi connectivity index (χ0v) is 16.6. The maximum Gasteiger partial charge on any atom is 0.408 e. The van der Waals surface area contributed by atoms with Crippen molar-refractivity contribution in [3.63, 3.8) is 0 Å². The minimum absolute atomic E-state index is 0.242. The highest BCUT2D eigenvalue weighted by molar-refractivity contribution is 9.10. The van der Waals surface area contributed by atoms with Crippen LogP contribution in [-0.2, 0) is 11.3 Å². The molecule has 0 aliphatic heterocycles. The molecule has 0 aromatic heterocycles. The van der Waals surface area contributed by atoms with E-state index in [1.54, 1.807) is 0 Å². The average molecular weight is 406 g/mol. The summed E-state index contributed by atoms with van der Waals surface area (Å²) in [5.41, 5.74) is 1.45. The molecule has 1 atom stereocenters. The Morgan fingerprint density at radius 3 is 2.48 bits per heavy atom. The van der Waals surface area contributed by atoms with Gasteiger partial charge in [-0.2, -0.15) is 0 Å². The molecule has 0 fully saturated rings. The largest absolute Gasteiger partial charge is 0.489 e. The molecule has 0 spiro atoms. The van der Waals surface area contributed by atoms with Crippen LogP contribution in [0.3, 0.4) is 0 Å². The first-order valence-corrected chi connectivity index (χ1v) is 8.99. The Labute approximate surface area is 157 Å². The summed E-state index contributed by atoms with van der Waals surface area (Å²) < 4.78 is 12.2. The quantitative estimate of drug-likeness (QED) is 0.702. The van der Waals surface area contributed by atoms with Crippen LogP contribution in [0.4, 0.5) is 4.79 Å². The summed E-state index contributed by atoms with van der Waals surface area (Å²) in [6.45, 7) is 7.88. The van der Waals surface area contributed by atoms with Gasteiger partial charge in [0.1, 0.15) is 18.0 Å². The van der Waals surface area contributed by atoms with Crippen molar-refractivity contribution in [2.24, 2.45) is 0 Å². The molecule has 1 amide bonds. The summed E-state index contributed by atoms with van der Waals surface area (Å²) in [7, 11) is 0. The monoisotopic (exact) mass is 405 g/mol. The van der Waals surface area contributed by atoms with E-state index in [9.17, 15) is 4.79 Å². The predicted octanol–water partition coefficient (Wildman–Crippen LogP) is 5.61. The van der Waals surface area contributed by atoms with E-state index in [2.05, 4.69) is 21.2 Å². The van der Waals surface area contributed by atoms with Crippen LogP contribution >= 0.6 is 15.9 Å². The fraction of sp³-hybridized carbons (Fsp3) is 0.350. The van der Waals surface area contributed by atoms with Crippen molar-refractivity contribution in [2.75, 3.05) is 0 Å². The van der Waals surface area contributed by atoms with Crippen LogP contribution in [0.1, 0.15) is 44.9 Å². The van der Waals surface area contributed by atoms with Gasteiger partial charge in [-0.1, -0.05) is 52.3 Å². The van der Waals surface area contributed by atoms with Crippen molar-refractivity contribution in [2.45, 2.75) is 45.9 Å². The Morgan fingerprint density at radius 1 is 1.16 bits per heavy atom. The zero-order valence-electron chi connectivity index (χ0n) is 15.0. The van der Waals surface area contributed by atoms with Crippen LogP contribution in [0.15, 0.2) is 53.0 Å². The summed E-state index contributed by atoms with van der Waals surface area (Å²) in [6.07, 6.45) is -0.447. The minimum atomic E-state index is -0.532. The molecule has 0 saturated carbocycles. The number of carbonyl (C=O) groups is 1. The molecule has 25 heavy (non-hydrogen) atoms. The van der Waals surface area contributed by atoms with E-state index in [1.165, 1.54) is 0 Å². The first kappa shape index (κ1) is 19.3. The fourth-order valence-corrected chi connectivity index (χ4v) is 2.63. The second-order valence-electron chi connectivity index (χ2n) is 6.82. The third kappa shape index (κ3) is 6.42. The van der Waals surface area contributed by atoms with Gasteiger partial charge in [-0.05, 0) is 45.4 Å². The van der Waals surface area contributed by atoms with Crippen LogP contribution in [0.25, 0.3) is 0 Å². The third-order valence-electron chi connectivity index (χ3n) is 3.41. The van der Waals surface area contributed by atoms with E-state index >= 15 is 0 Å². The molecular formula is C20H24BrNO3. The van der Waals surface area contributed by atoms with Crippen molar-refractivity contribution < 1.29 is 14.3 Å². The van der Waals surface area contributed by atoms with Crippen molar-refractivity contribution in [3.05, 3.63) is 64.1 Å². The molecule has 0 saturated heterocycles. The molecule has 0 radical (unpaired) electrons. The van der Waals surface area contributed by atoms with E-state index in [4.69, 9.17) is 9.47 Å². The normalized spacial score (nSPS) is 12.4. The minimum Gasteiger partial charge on any atom is -0.489 e. The summed E-state index contributed by atoms with van der Waals surface area (Å²) in [6, 6.07) is 15.5. The SMILES string of the molecule is CC(NC(=O)OC(C)(C)C)c1ccc(Br)cc1OCc1ccccc1. The Morgan fingerprint density at radius 2 is 1.84 bits per heavy atom. The van der Waals surface area contributed by atoms with Crippen LogP contribution in [0.5, 0.6) is 5.75 Å². The van der Waals surface area contributed by atoms with E-state index in [0.717, 1.165) is 21.3 Å². The number of halogens is 1. The van der Waals surface area contributed by atoms with Crippen molar-refractivity contribution >= 4 is 22.0 Å². The summed E-state index contributed by atoms with van der Waals surface area (Å²) in [5.74, 6) is 0.724. The van der Waals surface area contributed by atoms with Gasteiger partial charge in [0.25, 0.3) is 0 Å². The van der Waals surface area contributed by atoms with Gasteiger partial charge in [-0.25, -0.2) is 4.79 Å². The predicted molar refractivity (Wildman–Crippen MR) is 103 cm³/mol. The molecule has 134 valence electrons. The first-order chi connectivity index (χ1) is 11.7. The number of hydrogen-bond donors (Lipinski definition) is 1. The molecule has 0 aliphatic rings. The lowest BCUT2D eigenvalue weighted by Crippen LogP contribution is -2.34. The van der Waals surface area contributed by atoms with E-state index in [0.29, 0.717) is 6.61 Å². The molecule has 4 nitrogen and oxygen atoms in total. The van der Waals surface area contributed by atoms with Gasteiger partial charge in [-0.3, -0.25) is 0 Å². The summed E-state index contributed by atoms with van der Waals surface area (Å²) in [5, 5.41) is 2.85. The highest BCUT2D eigenvalue weighted by atomic mass is 79.9. The van der Waals surface area contributed by atoms with Gasteiger partial charge in [0, 0.05) is 10.0 Å². The van der Waals surface area contributed by atoms with Gasteiger partial charge in [0.2, 0.25) is 0 Å². The maximum atomic E-state index is 12.0. The van der Waals surface area contributed by atoms with Crippen molar-refractivity contribution in [1.29, 1.82) is 0 Å². The van der Waals surface area contributed by atoms with Gasteiger partial charge < -0.3 is 14.8 Å². The van der Waals surface area contributed by atoms with Crippen LogP contribution < -0.4 is 10.1 Å². The molecule has 1 N–H and O–H groups in total. The topological polar surface area (TPSA) is 47.6 Å². The number of benzene rings is 2. The van der Waals surface area contributed by atoms with Crippen LogP contribution in [-0.4, -0.2) is 11.7 Å². The molecule has 0 aliphatic carbocycles. The lowest BCUT2D eigenvalue weighted by molar-refractivity contribution is 0.0507. The number of hydrogen-bond acceptors (Lipinski definition) is 3. The highest BCUT2D eigenvalue weighted by Gasteiger charge is 2.20. The third-order valence-corrected chi connectivity index (χ3v) is 3.91. The van der Waals surface area contributed by atoms with Gasteiger partial charge in [0.15, 0.2) is 0 Å². The first-order valence-electron chi connectivity index (χ1n) is 8.20. The molecule has 1 unspecified atom stereocenters. The van der Waals surface area contributed by atoms with Gasteiger partial charge >= 0.3 is 6.09 Å². The second kappa shape index (κ2) is 8.39. The zero-order chi connectivity index (χ0) is 18.4. The van der Waals surface area contributed by atoms with E-state index in [1.807, 2.05) is 76.2 Å². The number of amides is 1. The molecule has 2 rings (SSSR count). The number of ether oxygens (including phenoxy) is 2. The average Bonchev–Trinajstić information content (AvgIpc) is 2.52. The molecule has 2 aromatic carbocycles. The second-order valence-corrected chi connectivity index (χ2v) is 7.74. The van der Waals surface area contributed by atoms with Crippen molar-refractivity contribution in [3.8, 4) is 5.75 Å². The Bertz CT molecular complexity index is 711. The molecule has 5 heteroatoms. The molecular weight excluding hydrogens is 382 g/mol. The maximum absolute atomic E-state index is 12.0. The van der Waals surface area contributed by atoms with E-state index in [-0.39, 0.29) is 6.04 Å². The Balaban J connectivity index is 2.10. The summed E-state index contributed by atoms with van der Waals surface area (Å²) >= 11 is 3.47. The molecule has 2 aromatic rings. The summed E-state index contributed by atoms with van der Waals surface area (Å²) in [4.78, 5) is 12.0. The Hall–Kier alpha value is -2.01. The lowest BCUT2D eigenvalue weighted by atomic mass is 10.1. The standard InChI is InChI=1S/C20H24BrNO3/c1-14(22-19(23)25-20(2,3)4)17-11-10-16(21)12-18(17)24-13-15-8-6-5-7-9-15/h5-12,14H,13H2,1-4H3,(H,22,23).